The Bertz CT molecular complexity index is 253. The summed E-state index contributed by atoms with van der Waals surface area (Å²) in [7, 11) is 0. The summed E-state index contributed by atoms with van der Waals surface area (Å²) in [4.78, 5) is 2.64. The van der Waals surface area contributed by atoms with Gasteiger partial charge in [-0.1, -0.05) is 0 Å². The average Bonchev–Trinajstić information content (AvgIpc) is 3.12. The van der Waals surface area contributed by atoms with Crippen LogP contribution < -0.4 is 5.32 Å². The Kier molecular flexibility index (Phi) is 5.05. The number of hydrogen-bond acceptors (Lipinski definition) is 3. The van der Waals surface area contributed by atoms with Crippen molar-refractivity contribution in [3.63, 3.8) is 0 Å². The Morgan fingerprint density at radius 1 is 1.33 bits per heavy atom. The van der Waals surface area contributed by atoms with E-state index in [-0.39, 0.29) is 0 Å². The van der Waals surface area contributed by atoms with Crippen molar-refractivity contribution in [2.45, 2.75) is 58.1 Å². The van der Waals surface area contributed by atoms with Crippen molar-refractivity contribution in [2.75, 3.05) is 32.8 Å². The molecule has 0 bridgehead atoms. The summed E-state index contributed by atoms with van der Waals surface area (Å²) < 4.78 is 5.59. The van der Waals surface area contributed by atoms with Crippen LogP contribution in [0.1, 0.15) is 46.5 Å². The molecule has 0 aromatic carbocycles. The molecule has 0 aromatic heterocycles. The molecule has 3 nitrogen and oxygen atoms in total. The Balaban J connectivity index is 1.61. The normalized spacial score (nSPS) is 30.0. The lowest BCUT2D eigenvalue weighted by Gasteiger charge is -2.42. The lowest BCUT2D eigenvalue weighted by molar-refractivity contribution is 0.0710. The third kappa shape index (κ3) is 4.22. The van der Waals surface area contributed by atoms with Crippen LogP contribution in [0, 0.1) is 5.92 Å². The predicted molar refractivity (Wildman–Crippen MR) is 75.9 cm³/mol. The molecule has 2 rings (SSSR count). The Labute approximate surface area is 112 Å². The molecule has 1 heterocycles. The SMILES string of the molecule is CC(C)OCCCCN1CCNC(C)(C2CC2)C1. The van der Waals surface area contributed by atoms with Crippen LogP contribution in [0.5, 0.6) is 0 Å². The van der Waals surface area contributed by atoms with Crippen LogP contribution in [-0.4, -0.2) is 49.3 Å². The van der Waals surface area contributed by atoms with Gasteiger partial charge in [-0.05, 0) is 58.9 Å². The molecular formula is C15H30N2O. The minimum absolute atomic E-state index is 0.377. The number of hydrogen-bond donors (Lipinski definition) is 1. The highest BCUT2D eigenvalue weighted by atomic mass is 16.5. The lowest BCUT2D eigenvalue weighted by Crippen LogP contribution is -2.60. The minimum atomic E-state index is 0.377. The standard InChI is InChI=1S/C15H30N2O/c1-13(2)18-11-5-4-9-17-10-8-16-15(3,12-17)14-6-7-14/h13-14,16H,4-12H2,1-3H3. The number of unbranched alkanes of at least 4 members (excludes halogenated alkanes) is 1. The van der Waals surface area contributed by atoms with E-state index in [1.54, 1.807) is 0 Å². The maximum absolute atomic E-state index is 5.59. The lowest BCUT2D eigenvalue weighted by atomic mass is 9.93. The molecule has 2 aliphatic rings. The molecule has 1 saturated carbocycles. The number of rotatable bonds is 7. The van der Waals surface area contributed by atoms with Crippen molar-refractivity contribution in [1.29, 1.82) is 0 Å². The summed E-state index contributed by atoms with van der Waals surface area (Å²) in [6.45, 7) is 12.4. The molecule has 0 spiro atoms. The van der Waals surface area contributed by atoms with E-state index < -0.39 is 0 Å². The van der Waals surface area contributed by atoms with E-state index in [0.717, 1.165) is 19.1 Å². The summed E-state index contributed by atoms with van der Waals surface area (Å²) in [6.07, 6.45) is 5.71. The minimum Gasteiger partial charge on any atom is -0.379 e. The van der Waals surface area contributed by atoms with Crippen molar-refractivity contribution in [3.05, 3.63) is 0 Å². The number of nitrogens with one attached hydrogen (secondary N) is 1. The van der Waals surface area contributed by atoms with Gasteiger partial charge in [0, 0.05) is 31.8 Å². The number of nitrogens with zero attached hydrogens (tertiary/aromatic N) is 1. The first-order valence-electron chi connectivity index (χ1n) is 7.69. The van der Waals surface area contributed by atoms with Crippen LogP contribution in [0.25, 0.3) is 0 Å². The molecule has 3 heteroatoms. The first-order chi connectivity index (χ1) is 8.60. The fourth-order valence-electron chi connectivity index (χ4n) is 3.04. The largest absolute Gasteiger partial charge is 0.379 e. The van der Waals surface area contributed by atoms with Crippen molar-refractivity contribution in [2.24, 2.45) is 5.92 Å². The Morgan fingerprint density at radius 2 is 2.11 bits per heavy atom. The highest BCUT2D eigenvalue weighted by molar-refractivity contribution is 5.01. The second-order valence-corrected chi connectivity index (χ2v) is 6.52. The second kappa shape index (κ2) is 6.36. The Hall–Kier alpha value is -0.120. The fourth-order valence-corrected chi connectivity index (χ4v) is 3.04. The number of piperazine rings is 1. The summed E-state index contributed by atoms with van der Waals surface area (Å²) in [5.74, 6) is 0.935. The molecule has 2 fully saturated rings. The number of ether oxygens (including phenoxy) is 1. The van der Waals surface area contributed by atoms with Gasteiger partial charge in [0.25, 0.3) is 0 Å². The molecule has 1 aliphatic carbocycles. The van der Waals surface area contributed by atoms with Gasteiger partial charge < -0.3 is 15.0 Å². The zero-order valence-corrected chi connectivity index (χ0v) is 12.4. The molecule has 1 aliphatic heterocycles. The topological polar surface area (TPSA) is 24.5 Å². The smallest absolute Gasteiger partial charge is 0.0518 e. The van der Waals surface area contributed by atoms with Gasteiger partial charge >= 0.3 is 0 Å². The monoisotopic (exact) mass is 254 g/mol. The van der Waals surface area contributed by atoms with Gasteiger partial charge in [0.05, 0.1) is 6.10 Å². The molecular weight excluding hydrogens is 224 g/mol. The van der Waals surface area contributed by atoms with E-state index >= 15 is 0 Å². The molecule has 1 atom stereocenters. The van der Waals surface area contributed by atoms with Gasteiger partial charge in [-0.3, -0.25) is 0 Å². The fraction of sp³-hybridized carbons (Fsp3) is 1.00. The Morgan fingerprint density at radius 3 is 2.78 bits per heavy atom. The van der Waals surface area contributed by atoms with Crippen LogP contribution in [-0.2, 0) is 4.74 Å². The molecule has 18 heavy (non-hydrogen) atoms. The van der Waals surface area contributed by atoms with Crippen LogP contribution in [0.15, 0.2) is 0 Å². The first kappa shape index (κ1) is 14.3. The second-order valence-electron chi connectivity index (χ2n) is 6.52. The van der Waals surface area contributed by atoms with Gasteiger partial charge in [0.1, 0.15) is 0 Å². The highest BCUT2D eigenvalue weighted by Crippen LogP contribution is 2.40. The molecule has 0 radical (unpaired) electrons. The van der Waals surface area contributed by atoms with Crippen molar-refractivity contribution in [1.82, 2.24) is 10.2 Å². The predicted octanol–water partition coefficient (Wildman–Crippen LogP) is 2.27. The van der Waals surface area contributed by atoms with Gasteiger partial charge in [-0.25, -0.2) is 0 Å². The molecule has 0 amide bonds. The summed E-state index contributed by atoms with van der Waals surface area (Å²) in [5, 5.41) is 3.74. The third-order valence-corrected chi connectivity index (χ3v) is 4.31. The molecule has 1 saturated heterocycles. The van der Waals surface area contributed by atoms with E-state index in [9.17, 15) is 0 Å². The maximum Gasteiger partial charge on any atom is 0.0518 e. The van der Waals surface area contributed by atoms with Crippen LogP contribution >= 0.6 is 0 Å². The van der Waals surface area contributed by atoms with Crippen molar-refractivity contribution >= 4 is 0 Å². The van der Waals surface area contributed by atoms with E-state index in [2.05, 4.69) is 31.0 Å². The van der Waals surface area contributed by atoms with Gasteiger partial charge in [-0.15, -0.1) is 0 Å². The first-order valence-corrected chi connectivity index (χ1v) is 7.69. The van der Waals surface area contributed by atoms with E-state index in [4.69, 9.17) is 4.74 Å². The quantitative estimate of drug-likeness (QED) is 0.705. The van der Waals surface area contributed by atoms with Gasteiger partial charge in [-0.2, -0.15) is 0 Å². The molecule has 0 aromatic rings. The van der Waals surface area contributed by atoms with E-state index in [0.29, 0.717) is 11.6 Å². The molecule has 1 unspecified atom stereocenters. The zero-order chi connectivity index (χ0) is 13.0. The van der Waals surface area contributed by atoms with Crippen molar-refractivity contribution < 1.29 is 4.74 Å². The van der Waals surface area contributed by atoms with Crippen molar-refractivity contribution in [3.8, 4) is 0 Å². The zero-order valence-electron chi connectivity index (χ0n) is 12.4. The summed E-state index contributed by atoms with van der Waals surface area (Å²) in [6, 6.07) is 0. The molecule has 1 N–H and O–H groups in total. The van der Waals surface area contributed by atoms with Crippen LogP contribution in [0.4, 0.5) is 0 Å². The highest BCUT2D eigenvalue weighted by Gasteiger charge is 2.43. The van der Waals surface area contributed by atoms with E-state index in [1.165, 1.54) is 45.3 Å². The van der Waals surface area contributed by atoms with Crippen LogP contribution in [0.3, 0.4) is 0 Å². The average molecular weight is 254 g/mol. The summed E-state index contributed by atoms with van der Waals surface area (Å²) in [5.41, 5.74) is 0.396. The molecule has 106 valence electrons. The van der Waals surface area contributed by atoms with Gasteiger partial charge in [0.15, 0.2) is 0 Å². The van der Waals surface area contributed by atoms with E-state index in [1.807, 2.05) is 0 Å². The van der Waals surface area contributed by atoms with Gasteiger partial charge in [0.2, 0.25) is 0 Å². The summed E-state index contributed by atoms with van der Waals surface area (Å²) >= 11 is 0. The third-order valence-electron chi connectivity index (χ3n) is 4.31. The maximum atomic E-state index is 5.59. The van der Waals surface area contributed by atoms with Crippen LogP contribution in [0.2, 0.25) is 0 Å².